The molecule has 2 N–H and O–H groups in total. The molecule has 30 heavy (non-hydrogen) atoms. The number of ether oxygens (including phenoxy) is 2. The minimum atomic E-state index is -0.663. The number of likely N-dealkylation sites (N-methyl/N-ethyl adjacent to an activating group) is 1. The van der Waals surface area contributed by atoms with Crippen molar-refractivity contribution in [1.82, 2.24) is 15.2 Å². The van der Waals surface area contributed by atoms with Crippen molar-refractivity contribution in [2.45, 2.75) is 25.5 Å². The molecule has 3 aromatic rings. The van der Waals surface area contributed by atoms with E-state index in [2.05, 4.69) is 10.3 Å². The largest absolute Gasteiger partial charge is 0.486 e. The van der Waals surface area contributed by atoms with Crippen molar-refractivity contribution >= 4 is 22.7 Å². The highest BCUT2D eigenvalue weighted by molar-refractivity contribution is 5.89. The van der Waals surface area contributed by atoms with Crippen LogP contribution >= 0.6 is 0 Å². The van der Waals surface area contributed by atoms with Crippen LogP contribution in [0.5, 0.6) is 11.5 Å². The average molecular weight is 407 g/mol. The fraction of sp³-hybridized carbons (Fsp3) is 0.304. The molecule has 0 aliphatic carbocycles. The minimum Gasteiger partial charge on any atom is -0.486 e. The second-order valence-electron chi connectivity index (χ2n) is 7.53. The Balaban J connectivity index is 1.45. The fourth-order valence-corrected chi connectivity index (χ4v) is 3.78. The topological polar surface area (TPSA) is 83.7 Å². The van der Waals surface area contributed by atoms with E-state index in [9.17, 15) is 9.59 Å². The van der Waals surface area contributed by atoms with Gasteiger partial charge in [0, 0.05) is 37.5 Å². The van der Waals surface area contributed by atoms with Crippen molar-refractivity contribution in [3.63, 3.8) is 0 Å². The molecule has 1 aliphatic rings. The SMILES string of the molecule is CC(=O)N[C@H](Cc1c[nH]c2ccccc12)C(=O)N(C)C[C@@H]1COc2ccccc2O1. The molecule has 0 bridgehead atoms. The molecule has 2 amide bonds. The third kappa shape index (κ3) is 4.25. The van der Waals surface area contributed by atoms with E-state index in [-0.39, 0.29) is 17.9 Å². The van der Waals surface area contributed by atoms with Gasteiger partial charge in [-0.1, -0.05) is 30.3 Å². The van der Waals surface area contributed by atoms with Gasteiger partial charge in [0.1, 0.15) is 12.6 Å². The molecule has 0 saturated heterocycles. The quantitative estimate of drug-likeness (QED) is 0.658. The Morgan fingerprint density at radius 1 is 1.17 bits per heavy atom. The van der Waals surface area contributed by atoms with Crippen molar-refractivity contribution in [1.29, 1.82) is 0 Å². The molecule has 0 unspecified atom stereocenters. The van der Waals surface area contributed by atoms with Crippen LogP contribution in [-0.2, 0) is 16.0 Å². The number of amides is 2. The number of benzene rings is 2. The number of H-pyrrole nitrogens is 1. The van der Waals surface area contributed by atoms with E-state index in [1.165, 1.54) is 6.92 Å². The molecule has 0 radical (unpaired) electrons. The predicted molar refractivity (Wildman–Crippen MR) is 114 cm³/mol. The van der Waals surface area contributed by atoms with E-state index in [1.54, 1.807) is 11.9 Å². The Hall–Kier alpha value is -3.48. The number of carbonyl (C=O) groups is 2. The zero-order chi connectivity index (χ0) is 21.1. The zero-order valence-electron chi connectivity index (χ0n) is 17.1. The van der Waals surface area contributed by atoms with Crippen LogP contribution in [0.15, 0.2) is 54.7 Å². The lowest BCUT2D eigenvalue weighted by Gasteiger charge is -2.31. The second kappa shape index (κ2) is 8.49. The van der Waals surface area contributed by atoms with E-state index in [0.717, 1.165) is 16.5 Å². The van der Waals surface area contributed by atoms with E-state index in [0.29, 0.717) is 31.1 Å². The van der Waals surface area contributed by atoms with Gasteiger partial charge in [-0.3, -0.25) is 9.59 Å². The van der Waals surface area contributed by atoms with Crippen LogP contribution < -0.4 is 14.8 Å². The summed E-state index contributed by atoms with van der Waals surface area (Å²) < 4.78 is 11.7. The number of hydrogen-bond acceptors (Lipinski definition) is 4. The predicted octanol–water partition coefficient (Wildman–Crippen LogP) is 2.51. The van der Waals surface area contributed by atoms with Gasteiger partial charge in [-0.25, -0.2) is 0 Å². The number of rotatable bonds is 6. The molecule has 4 rings (SSSR count). The summed E-state index contributed by atoms with van der Waals surface area (Å²) in [4.78, 5) is 29.7. The first-order valence-corrected chi connectivity index (χ1v) is 9.97. The van der Waals surface area contributed by atoms with Crippen molar-refractivity contribution in [3.8, 4) is 11.5 Å². The summed E-state index contributed by atoms with van der Waals surface area (Å²) in [6.45, 7) is 2.14. The maximum Gasteiger partial charge on any atom is 0.245 e. The van der Waals surface area contributed by atoms with Crippen molar-refractivity contribution in [2.24, 2.45) is 0 Å². The maximum absolute atomic E-state index is 13.2. The normalized spacial score (nSPS) is 16.1. The highest BCUT2D eigenvalue weighted by Crippen LogP contribution is 2.31. The second-order valence-corrected chi connectivity index (χ2v) is 7.53. The Morgan fingerprint density at radius 3 is 2.70 bits per heavy atom. The van der Waals surface area contributed by atoms with Gasteiger partial charge in [0.15, 0.2) is 17.6 Å². The minimum absolute atomic E-state index is 0.169. The standard InChI is InChI=1S/C23H25N3O4/c1-15(27)25-20(11-16-12-24-19-8-4-3-7-18(16)19)23(28)26(2)13-17-14-29-21-9-5-6-10-22(21)30-17/h3-10,12,17,20,24H,11,13-14H2,1-2H3,(H,25,27)/t17-,20-/m1/s1. The molecule has 2 heterocycles. The summed E-state index contributed by atoms with van der Waals surface area (Å²) in [5.74, 6) is 0.968. The monoisotopic (exact) mass is 407 g/mol. The van der Waals surface area contributed by atoms with Crippen LogP contribution in [0, 0.1) is 0 Å². The molecule has 1 aliphatic heterocycles. The smallest absolute Gasteiger partial charge is 0.245 e. The van der Waals surface area contributed by atoms with E-state index in [1.807, 2.05) is 54.7 Å². The summed E-state index contributed by atoms with van der Waals surface area (Å²) in [6, 6.07) is 14.7. The summed E-state index contributed by atoms with van der Waals surface area (Å²) in [7, 11) is 1.72. The fourth-order valence-electron chi connectivity index (χ4n) is 3.78. The number of hydrogen-bond donors (Lipinski definition) is 2. The molecule has 0 saturated carbocycles. The number of nitrogens with zero attached hydrogens (tertiary/aromatic N) is 1. The van der Waals surface area contributed by atoms with Crippen LogP contribution in [0.4, 0.5) is 0 Å². The number of carbonyl (C=O) groups excluding carboxylic acids is 2. The van der Waals surface area contributed by atoms with Crippen molar-refractivity contribution in [2.75, 3.05) is 20.2 Å². The molecule has 0 fully saturated rings. The summed E-state index contributed by atoms with van der Waals surface area (Å²) in [6.07, 6.45) is 2.01. The third-order valence-electron chi connectivity index (χ3n) is 5.20. The Bertz CT molecular complexity index is 1060. The summed E-state index contributed by atoms with van der Waals surface area (Å²) in [5, 5.41) is 3.85. The third-order valence-corrected chi connectivity index (χ3v) is 5.20. The van der Waals surface area contributed by atoms with Gasteiger partial charge in [-0.05, 0) is 23.8 Å². The Labute approximate surface area is 175 Å². The van der Waals surface area contributed by atoms with Gasteiger partial charge >= 0.3 is 0 Å². The highest BCUT2D eigenvalue weighted by Gasteiger charge is 2.28. The molecular formula is C23H25N3O4. The van der Waals surface area contributed by atoms with Gasteiger partial charge in [-0.2, -0.15) is 0 Å². The van der Waals surface area contributed by atoms with Crippen molar-refractivity contribution < 1.29 is 19.1 Å². The lowest BCUT2D eigenvalue weighted by molar-refractivity contribution is -0.136. The first-order valence-electron chi connectivity index (χ1n) is 9.97. The van der Waals surface area contributed by atoms with Gasteiger partial charge in [-0.15, -0.1) is 0 Å². The highest BCUT2D eigenvalue weighted by atomic mass is 16.6. The van der Waals surface area contributed by atoms with Gasteiger partial charge in [0.25, 0.3) is 0 Å². The van der Waals surface area contributed by atoms with Gasteiger partial charge < -0.3 is 24.7 Å². The van der Waals surface area contributed by atoms with Gasteiger partial charge in [0.05, 0.1) is 6.54 Å². The number of aromatic nitrogens is 1. The van der Waals surface area contributed by atoms with E-state index < -0.39 is 6.04 Å². The first-order chi connectivity index (χ1) is 14.5. The Morgan fingerprint density at radius 2 is 1.90 bits per heavy atom. The molecule has 2 aromatic carbocycles. The van der Waals surface area contributed by atoms with Crippen molar-refractivity contribution in [3.05, 3.63) is 60.3 Å². The molecule has 1 aromatic heterocycles. The van der Waals surface area contributed by atoms with E-state index in [4.69, 9.17) is 9.47 Å². The van der Waals surface area contributed by atoms with Crippen LogP contribution in [0.3, 0.4) is 0 Å². The van der Waals surface area contributed by atoms with Gasteiger partial charge in [0.2, 0.25) is 11.8 Å². The molecule has 0 spiro atoms. The number of nitrogens with one attached hydrogen (secondary N) is 2. The first kappa shape index (κ1) is 19.8. The number of aromatic amines is 1. The lowest BCUT2D eigenvalue weighted by atomic mass is 10.0. The average Bonchev–Trinajstić information content (AvgIpc) is 3.15. The van der Waals surface area contributed by atoms with Crippen LogP contribution in [0.25, 0.3) is 10.9 Å². The number of para-hydroxylation sites is 3. The van der Waals surface area contributed by atoms with Crippen LogP contribution in [0.1, 0.15) is 12.5 Å². The molecule has 156 valence electrons. The number of fused-ring (bicyclic) bond motifs is 2. The summed E-state index contributed by atoms with van der Waals surface area (Å²) >= 11 is 0. The zero-order valence-corrected chi connectivity index (χ0v) is 17.1. The summed E-state index contributed by atoms with van der Waals surface area (Å²) in [5.41, 5.74) is 1.98. The van der Waals surface area contributed by atoms with Crippen LogP contribution in [-0.4, -0.2) is 54.0 Å². The molecule has 7 nitrogen and oxygen atoms in total. The lowest BCUT2D eigenvalue weighted by Crippen LogP contribution is -2.51. The van der Waals surface area contributed by atoms with E-state index >= 15 is 0 Å². The molecular weight excluding hydrogens is 382 g/mol. The Kier molecular flexibility index (Phi) is 5.61. The molecule has 2 atom stereocenters. The molecule has 7 heteroatoms. The van der Waals surface area contributed by atoms with Crippen LogP contribution in [0.2, 0.25) is 0 Å². The maximum atomic E-state index is 13.2.